The van der Waals surface area contributed by atoms with Gasteiger partial charge in [-0.25, -0.2) is 0 Å². The van der Waals surface area contributed by atoms with E-state index in [0.717, 1.165) is 34.1 Å². The van der Waals surface area contributed by atoms with Crippen LogP contribution in [0.25, 0.3) is 11.0 Å². The minimum Gasteiger partial charge on any atom is -0.508 e. The molecule has 2 aromatic carbocycles. The third-order valence-corrected chi connectivity index (χ3v) is 3.70. The summed E-state index contributed by atoms with van der Waals surface area (Å²) in [5.74, 6) is 0.353. The number of nitrogens with one attached hydrogen (secondary N) is 1. The van der Waals surface area contributed by atoms with Crippen LogP contribution in [0.15, 0.2) is 36.4 Å². The molecule has 0 fully saturated rings. The predicted molar refractivity (Wildman–Crippen MR) is 83.5 cm³/mol. The highest BCUT2D eigenvalue weighted by Crippen LogP contribution is 2.32. The van der Waals surface area contributed by atoms with Gasteiger partial charge in [0.2, 0.25) is 0 Å². The molecule has 4 nitrogen and oxygen atoms in total. The van der Waals surface area contributed by atoms with Crippen LogP contribution in [0.2, 0.25) is 0 Å². The Morgan fingerprint density at radius 3 is 2.71 bits per heavy atom. The van der Waals surface area contributed by atoms with E-state index in [1.165, 1.54) is 0 Å². The molecular weight excluding hydrogens is 262 g/mol. The summed E-state index contributed by atoms with van der Waals surface area (Å²) in [5.41, 5.74) is 5.03. The van der Waals surface area contributed by atoms with E-state index < -0.39 is 0 Å². The minimum atomic E-state index is -0.0833. The fraction of sp³-hybridized carbons (Fsp3) is 0.294. The van der Waals surface area contributed by atoms with Crippen LogP contribution in [0, 0.1) is 0 Å². The Balaban J connectivity index is 2.01. The zero-order chi connectivity index (χ0) is 15.0. The van der Waals surface area contributed by atoms with Gasteiger partial charge >= 0.3 is 0 Å². The van der Waals surface area contributed by atoms with Crippen LogP contribution in [-0.2, 0) is 11.8 Å². The number of aromatic nitrogens is 3. The third kappa shape index (κ3) is 2.61. The molecule has 1 aromatic heterocycles. The second-order valence-electron chi connectivity index (χ2n) is 6.40. The Bertz CT molecular complexity index is 784. The number of H-pyrrole nitrogens is 1. The summed E-state index contributed by atoms with van der Waals surface area (Å²) in [4.78, 5) is 0. The van der Waals surface area contributed by atoms with Gasteiger partial charge in [0, 0.05) is 0 Å². The summed E-state index contributed by atoms with van der Waals surface area (Å²) in [6, 6.07) is 11.9. The predicted octanol–water partition coefficient (Wildman–Crippen LogP) is 3.55. The van der Waals surface area contributed by atoms with E-state index in [4.69, 9.17) is 0 Å². The molecule has 3 rings (SSSR count). The van der Waals surface area contributed by atoms with Crippen LogP contribution in [0.3, 0.4) is 0 Å². The highest BCUT2D eigenvalue weighted by molar-refractivity contribution is 5.77. The zero-order valence-electron chi connectivity index (χ0n) is 12.5. The molecule has 0 atom stereocenters. The number of nitrogens with zero attached hydrogens (tertiary/aromatic N) is 2. The second kappa shape index (κ2) is 4.88. The Hall–Kier alpha value is -2.36. The van der Waals surface area contributed by atoms with Crippen molar-refractivity contribution >= 4 is 11.0 Å². The topological polar surface area (TPSA) is 61.8 Å². The van der Waals surface area contributed by atoms with Crippen LogP contribution < -0.4 is 0 Å². The first kappa shape index (κ1) is 13.6. The molecule has 0 aliphatic carbocycles. The molecule has 0 bridgehead atoms. The van der Waals surface area contributed by atoms with Crippen molar-refractivity contribution in [2.24, 2.45) is 0 Å². The number of phenols is 1. The van der Waals surface area contributed by atoms with Gasteiger partial charge in [-0.15, -0.1) is 5.10 Å². The first-order valence-electron chi connectivity index (χ1n) is 7.06. The maximum atomic E-state index is 10.0. The van der Waals surface area contributed by atoms with Crippen LogP contribution in [0.4, 0.5) is 0 Å². The first-order valence-corrected chi connectivity index (χ1v) is 7.06. The Morgan fingerprint density at radius 2 is 1.95 bits per heavy atom. The molecule has 0 radical (unpaired) electrons. The summed E-state index contributed by atoms with van der Waals surface area (Å²) in [6.07, 6.45) is 0.771. The standard InChI is InChI=1S/C17H19N3O/c1-17(2,3)13-10-11(7-8-15(13)21)9-12-5-4-6-14-16(12)19-20-18-14/h4-8,10,21H,9H2,1-3H3,(H,18,19,20). The fourth-order valence-electron chi connectivity index (χ4n) is 2.58. The monoisotopic (exact) mass is 281 g/mol. The zero-order valence-corrected chi connectivity index (χ0v) is 12.5. The van der Waals surface area contributed by atoms with Gasteiger partial charge in [0.1, 0.15) is 11.3 Å². The van der Waals surface area contributed by atoms with Crippen molar-refractivity contribution in [3.63, 3.8) is 0 Å². The van der Waals surface area contributed by atoms with Crippen molar-refractivity contribution in [1.29, 1.82) is 0 Å². The molecule has 0 unspecified atom stereocenters. The molecule has 2 N–H and O–H groups in total. The van der Waals surface area contributed by atoms with Crippen LogP contribution in [0.5, 0.6) is 5.75 Å². The highest BCUT2D eigenvalue weighted by atomic mass is 16.3. The van der Waals surface area contributed by atoms with E-state index in [2.05, 4.69) is 48.3 Å². The van der Waals surface area contributed by atoms with Crippen molar-refractivity contribution in [1.82, 2.24) is 15.4 Å². The van der Waals surface area contributed by atoms with E-state index in [0.29, 0.717) is 5.75 Å². The average Bonchev–Trinajstić information content (AvgIpc) is 2.89. The van der Waals surface area contributed by atoms with Gasteiger partial charge in [0.25, 0.3) is 0 Å². The van der Waals surface area contributed by atoms with Gasteiger partial charge < -0.3 is 5.11 Å². The Kier molecular flexibility index (Phi) is 3.16. The molecule has 3 aromatic rings. The number of phenolic OH excluding ortho intramolecular Hbond substituents is 1. The lowest BCUT2D eigenvalue weighted by Crippen LogP contribution is -2.11. The molecule has 1 heterocycles. The molecule has 0 aliphatic heterocycles. The van der Waals surface area contributed by atoms with Crippen molar-refractivity contribution in [3.8, 4) is 5.75 Å². The minimum absolute atomic E-state index is 0.0833. The molecular formula is C17H19N3O. The van der Waals surface area contributed by atoms with E-state index in [1.54, 1.807) is 6.07 Å². The summed E-state index contributed by atoms with van der Waals surface area (Å²) in [5, 5.41) is 20.9. The number of fused-ring (bicyclic) bond motifs is 1. The first-order chi connectivity index (χ1) is 9.95. The van der Waals surface area contributed by atoms with Gasteiger partial charge in [-0.2, -0.15) is 0 Å². The summed E-state index contributed by atoms with van der Waals surface area (Å²) >= 11 is 0. The fourth-order valence-corrected chi connectivity index (χ4v) is 2.58. The van der Waals surface area contributed by atoms with Crippen molar-refractivity contribution < 1.29 is 5.11 Å². The maximum absolute atomic E-state index is 10.0. The van der Waals surface area contributed by atoms with Crippen molar-refractivity contribution in [2.75, 3.05) is 0 Å². The highest BCUT2D eigenvalue weighted by Gasteiger charge is 2.18. The number of hydrogen-bond donors (Lipinski definition) is 2. The SMILES string of the molecule is CC(C)(C)c1cc(Cc2cccc3[nH]nnc23)ccc1O. The lowest BCUT2D eigenvalue weighted by Gasteiger charge is -2.21. The molecule has 21 heavy (non-hydrogen) atoms. The lowest BCUT2D eigenvalue weighted by molar-refractivity contribution is 0.446. The van der Waals surface area contributed by atoms with Crippen LogP contribution >= 0.6 is 0 Å². The molecule has 0 amide bonds. The van der Waals surface area contributed by atoms with E-state index in [1.807, 2.05) is 18.2 Å². The second-order valence-corrected chi connectivity index (χ2v) is 6.40. The van der Waals surface area contributed by atoms with Gasteiger partial charge in [0.15, 0.2) is 0 Å². The van der Waals surface area contributed by atoms with Gasteiger partial charge in [-0.3, -0.25) is 5.10 Å². The lowest BCUT2D eigenvalue weighted by atomic mass is 9.85. The molecule has 0 saturated heterocycles. The van der Waals surface area contributed by atoms with E-state index in [9.17, 15) is 5.11 Å². The normalized spacial score (nSPS) is 12.0. The Morgan fingerprint density at radius 1 is 1.14 bits per heavy atom. The summed E-state index contributed by atoms with van der Waals surface area (Å²) < 4.78 is 0. The molecule has 0 spiro atoms. The van der Waals surface area contributed by atoms with Gasteiger partial charge in [0.05, 0.1) is 5.52 Å². The number of benzene rings is 2. The summed E-state index contributed by atoms with van der Waals surface area (Å²) in [7, 11) is 0. The third-order valence-electron chi connectivity index (χ3n) is 3.70. The largest absolute Gasteiger partial charge is 0.508 e. The van der Waals surface area contributed by atoms with E-state index in [-0.39, 0.29) is 5.41 Å². The van der Waals surface area contributed by atoms with Crippen LogP contribution in [0.1, 0.15) is 37.5 Å². The van der Waals surface area contributed by atoms with Crippen molar-refractivity contribution in [3.05, 3.63) is 53.1 Å². The number of aromatic hydroxyl groups is 1. The summed E-state index contributed by atoms with van der Waals surface area (Å²) in [6.45, 7) is 6.30. The quantitative estimate of drug-likeness (QED) is 0.755. The van der Waals surface area contributed by atoms with E-state index >= 15 is 0 Å². The van der Waals surface area contributed by atoms with Gasteiger partial charge in [-0.05, 0) is 40.7 Å². The number of hydrogen-bond acceptors (Lipinski definition) is 3. The maximum Gasteiger partial charge on any atom is 0.119 e. The molecule has 4 heteroatoms. The van der Waals surface area contributed by atoms with Crippen LogP contribution in [-0.4, -0.2) is 20.5 Å². The molecule has 108 valence electrons. The average molecular weight is 281 g/mol. The van der Waals surface area contributed by atoms with Gasteiger partial charge in [-0.1, -0.05) is 50.3 Å². The number of aromatic amines is 1. The number of rotatable bonds is 2. The van der Waals surface area contributed by atoms with Crippen molar-refractivity contribution in [2.45, 2.75) is 32.6 Å². The molecule has 0 saturated carbocycles. The smallest absolute Gasteiger partial charge is 0.119 e. The molecule has 0 aliphatic rings. The Labute approximate surface area is 123 Å².